The van der Waals surface area contributed by atoms with E-state index in [1.807, 2.05) is 6.92 Å². The molecule has 1 rings (SSSR count). The molecule has 1 N–H and O–H groups in total. The van der Waals surface area contributed by atoms with E-state index in [-0.39, 0.29) is 0 Å². The van der Waals surface area contributed by atoms with Crippen LogP contribution in [0.25, 0.3) is 0 Å². The van der Waals surface area contributed by atoms with Crippen LogP contribution >= 0.6 is 11.6 Å². The number of nitrogens with one attached hydrogen (secondary N) is 1. The van der Waals surface area contributed by atoms with Crippen LogP contribution in [0.5, 0.6) is 0 Å². The summed E-state index contributed by atoms with van der Waals surface area (Å²) < 4.78 is 0. The average molecular weight is 284 g/mol. The van der Waals surface area contributed by atoms with E-state index in [9.17, 15) is 0 Å². The van der Waals surface area contributed by atoms with Gasteiger partial charge in [-0.15, -0.1) is 0 Å². The van der Waals surface area contributed by atoms with E-state index in [0.717, 1.165) is 30.0 Å². The molecular formula is C15H26ClN3. The predicted octanol–water partition coefficient (Wildman–Crippen LogP) is 4.63. The summed E-state index contributed by atoms with van der Waals surface area (Å²) in [6.07, 6.45) is 4.24. The monoisotopic (exact) mass is 283 g/mol. The Morgan fingerprint density at radius 3 is 2.32 bits per heavy atom. The van der Waals surface area contributed by atoms with Crippen molar-refractivity contribution < 1.29 is 0 Å². The van der Waals surface area contributed by atoms with Crippen LogP contribution in [0.1, 0.15) is 58.3 Å². The molecule has 0 aliphatic rings. The third kappa shape index (κ3) is 4.34. The van der Waals surface area contributed by atoms with Crippen molar-refractivity contribution in [1.29, 1.82) is 0 Å². The number of aromatic nitrogens is 2. The van der Waals surface area contributed by atoms with Crippen molar-refractivity contribution in [3.05, 3.63) is 16.5 Å². The van der Waals surface area contributed by atoms with Gasteiger partial charge in [0.2, 0.25) is 0 Å². The Morgan fingerprint density at radius 2 is 1.79 bits per heavy atom. The van der Waals surface area contributed by atoms with Crippen LogP contribution in [0.15, 0.2) is 0 Å². The molecule has 0 aromatic carbocycles. The van der Waals surface area contributed by atoms with Crippen molar-refractivity contribution in [1.82, 2.24) is 9.97 Å². The first-order valence-electron chi connectivity index (χ1n) is 7.32. The van der Waals surface area contributed by atoms with Crippen LogP contribution in [-0.4, -0.2) is 16.0 Å². The molecule has 0 radical (unpaired) electrons. The maximum absolute atomic E-state index is 6.19. The zero-order valence-electron chi connectivity index (χ0n) is 12.8. The minimum atomic E-state index is 0.397. The molecule has 1 aromatic heterocycles. The number of halogens is 1. The van der Waals surface area contributed by atoms with Gasteiger partial charge in [-0.3, -0.25) is 0 Å². The quantitative estimate of drug-likeness (QED) is 0.742. The molecule has 0 saturated heterocycles. The molecule has 1 unspecified atom stereocenters. The predicted molar refractivity (Wildman–Crippen MR) is 82.9 cm³/mol. The second-order valence-electron chi connectivity index (χ2n) is 5.16. The molecule has 108 valence electrons. The van der Waals surface area contributed by atoms with Gasteiger partial charge in [-0.1, -0.05) is 45.2 Å². The summed E-state index contributed by atoms with van der Waals surface area (Å²) in [5.41, 5.74) is 0.944. The Kier molecular flexibility index (Phi) is 6.56. The third-order valence-corrected chi connectivity index (χ3v) is 4.09. The van der Waals surface area contributed by atoms with Gasteiger partial charge in [-0.05, 0) is 26.2 Å². The van der Waals surface area contributed by atoms with Crippen molar-refractivity contribution in [3.8, 4) is 0 Å². The van der Waals surface area contributed by atoms with E-state index >= 15 is 0 Å². The molecule has 0 fully saturated rings. The minimum Gasteiger partial charge on any atom is -0.367 e. The Labute approximate surface area is 122 Å². The molecule has 3 nitrogen and oxygen atoms in total. The molecule has 0 aliphatic carbocycles. The fourth-order valence-corrected chi connectivity index (χ4v) is 2.53. The lowest BCUT2D eigenvalue weighted by atomic mass is 9.95. The lowest BCUT2D eigenvalue weighted by molar-refractivity contribution is 0.436. The second-order valence-corrected chi connectivity index (χ2v) is 5.52. The topological polar surface area (TPSA) is 37.8 Å². The average Bonchev–Trinajstić information content (AvgIpc) is 2.37. The highest BCUT2D eigenvalue weighted by Crippen LogP contribution is 2.23. The second kappa shape index (κ2) is 7.68. The van der Waals surface area contributed by atoms with Crippen molar-refractivity contribution in [3.63, 3.8) is 0 Å². The summed E-state index contributed by atoms with van der Waals surface area (Å²) >= 11 is 6.19. The highest BCUT2D eigenvalue weighted by molar-refractivity contribution is 6.30. The summed E-state index contributed by atoms with van der Waals surface area (Å²) in [7, 11) is 0. The van der Waals surface area contributed by atoms with E-state index in [1.54, 1.807) is 0 Å². The van der Waals surface area contributed by atoms with Crippen LogP contribution in [0.4, 0.5) is 5.82 Å². The van der Waals surface area contributed by atoms with E-state index in [4.69, 9.17) is 11.6 Å². The molecular weight excluding hydrogens is 258 g/mol. The third-order valence-electron chi connectivity index (χ3n) is 3.73. The molecule has 0 saturated carbocycles. The lowest BCUT2D eigenvalue weighted by Crippen LogP contribution is -2.26. The van der Waals surface area contributed by atoms with Crippen LogP contribution in [0, 0.1) is 12.8 Å². The molecule has 4 heteroatoms. The largest absolute Gasteiger partial charge is 0.367 e. The Bertz CT molecular complexity index is 403. The van der Waals surface area contributed by atoms with Crippen LogP contribution in [0.3, 0.4) is 0 Å². The van der Waals surface area contributed by atoms with Crippen LogP contribution in [-0.2, 0) is 6.42 Å². The zero-order valence-corrected chi connectivity index (χ0v) is 13.5. The molecule has 0 bridgehead atoms. The van der Waals surface area contributed by atoms with Gasteiger partial charge < -0.3 is 5.32 Å². The van der Waals surface area contributed by atoms with Gasteiger partial charge in [0.25, 0.3) is 0 Å². The van der Waals surface area contributed by atoms with Crippen molar-refractivity contribution in [2.75, 3.05) is 5.32 Å². The first-order chi connectivity index (χ1) is 9.03. The molecule has 0 amide bonds. The van der Waals surface area contributed by atoms with E-state index in [1.165, 1.54) is 12.8 Å². The maximum Gasteiger partial charge on any atom is 0.137 e. The first kappa shape index (κ1) is 16.2. The Balaban J connectivity index is 2.92. The standard InChI is InChI=1S/C15H26ClN3/c1-6-9-13-18-14(16)10(4)15(19-13)17-11(5)12(7-2)8-3/h11-12H,6-9H2,1-5H3,(H,17,18,19). The molecule has 0 aliphatic heterocycles. The van der Waals surface area contributed by atoms with E-state index in [2.05, 4.69) is 43.0 Å². The first-order valence-corrected chi connectivity index (χ1v) is 7.70. The Hall–Kier alpha value is -0.830. The fraction of sp³-hybridized carbons (Fsp3) is 0.733. The van der Waals surface area contributed by atoms with Crippen LogP contribution < -0.4 is 5.32 Å². The smallest absolute Gasteiger partial charge is 0.137 e. The SMILES string of the molecule is CCCc1nc(Cl)c(C)c(NC(C)C(CC)CC)n1. The van der Waals surface area contributed by atoms with Gasteiger partial charge in [-0.2, -0.15) is 0 Å². The number of rotatable bonds is 7. The number of hydrogen-bond donors (Lipinski definition) is 1. The van der Waals surface area contributed by atoms with Crippen LogP contribution in [0.2, 0.25) is 5.15 Å². The van der Waals surface area contributed by atoms with Gasteiger partial charge in [0.1, 0.15) is 16.8 Å². The maximum atomic E-state index is 6.19. The van der Waals surface area contributed by atoms with E-state index < -0.39 is 0 Å². The van der Waals surface area contributed by atoms with Crippen molar-refractivity contribution >= 4 is 17.4 Å². The lowest BCUT2D eigenvalue weighted by Gasteiger charge is -2.24. The minimum absolute atomic E-state index is 0.397. The summed E-state index contributed by atoms with van der Waals surface area (Å²) in [5, 5.41) is 4.08. The van der Waals surface area contributed by atoms with Gasteiger partial charge in [-0.25, -0.2) is 9.97 Å². The van der Waals surface area contributed by atoms with Gasteiger partial charge in [0, 0.05) is 18.0 Å². The fourth-order valence-electron chi connectivity index (χ4n) is 2.34. The number of nitrogens with zero attached hydrogens (tertiary/aromatic N) is 2. The molecule has 1 atom stereocenters. The zero-order chi connectivity index (χ0) is 14.4. The Morgan fingerprint density at radius 1 is 1.16 bits per heavy atom. The molecule has 19 heavy (non-hydrogen) atoms. The van der Waals surface area contributed by atoms with Gasteiger partial charge in [0.15, 0.2) is 0 Å². The summed E-state index contributed by atoms with van der Waals surface area (Å²) in [6, 6.07) is 0.397. The normalized spacial score (nSPS) is 12.8. The highest BCUT2D eigenvalue weighted by atomic mass is 35.5. The van der Waals surface area contributed by atoms with Crippen molar-refractivity contribution in [2.45, 2.75) is 66.3 Å². The molecule has 1 heterocycles. The summed E-state index contributed by atoms with van der Waals surface area (Å²) in [6.45, 7) is 10.8. The summed E-state index contributed by atoms with van der Waals surface area (Å²) in [4.78, 5) is 8.94. The van der Waals surface area contributed by atoms with Gasteiger partial charge >= 0.3 is 0 Å². The van der Waals surface area contributed by atoms with Gasteiger partial charge in [0.05, 0.1) is 0 Å². The highest BCUT2D eigenvalue weighted by Gasteiger charge is 2.16. The van der Waals surface area contributed by atoms with E-state index in [0.29, 0.717) is 17.1 Å². The number of aryl methyl sites for hydroxylation is 1. The molecule has 0 spiro atoms. The number of hydrogen-bond acceptors (Lipinski definition) is 3. The van der Waals surface area contributed by atoms with Crippen molar-refractivity contribution in [2.24, 2.45) is 5.92 Å². The summed E-state index contributed by atoms with van der Waals surface area (Å²) in [5.74, 6) is 2.38. The molecule has 1 aromatic rings. The number of anilines is 1.